The van der Waals surface area contributed by atoms with E-state index in [1.54, 1.807) is 0 Å². The zero-order chi connectivity index (χ0) is 26.1. The molecule has 0 amide bonds. The first-order valence-electron chi connectivity index (χ1n) is 12.8. The van der Waals surface area contributed by atoms with Crippen LogP contribution in [0.15, 0.2) is 60.7 Å². The van der Waals surface area contributed by atoms with Crippen molar-refractivity contribution in [3.63, 3.8) is 0 Å². The van der Waals surface area contributed by atoms with Crippen molar-refractivity contribution in [3.05, 3.63) is 71.8 Å². The van der Waals surface area contributed by atoms with E-state index in [0.717, 1.165) is 11.1 Å². The molecule has 6 nitrogen and oxygen atoms in total. The molecule has 0 bridgehead atoms. The first-order chi connectivity index (χ1) is 16.9. The fourth-order valence-electron chi connectivity index (χ4n) is 4.53. The van der Waals surface area contributed by atoms with Gasteiger partial charge in [-0.05, 0) is 43.1 Å². The molecular weight excluding hydrogens is 472 g/mol. The number of hydrogen-bond acceptors (Lipinski definition) is 6. The highest BCUT2D eigenvalue weighted by Gasteiger charge is 2.56. The molecule has 0 aliphatic carbocycles. The van der Waals surface area contributed by atoms with Gasteiger partial charge in [0.2, 0.25) is 0 Å². The lowest BCUT2D eigenvalue weighted by molar-refractivity contribution is -0.170. The number of esters is 1. The zero-order valence-electron chi connectivity index (χ0n) is 22.5. The molecule has 0 radical (unpaired) electrons. The number of carbonyl (C=O) groups excluding carboxylic acids is 1. The Balaban J connectivity index is 1.64. The van der Waals surface area contributed by atoms with Gasteiger partial charge in [-0.25, -0.2) is 0 Å². The maximum Gasteiger partial charge on any atom is 0.309 e. The lowest BCUT2D eigenvalue weighted by Crippen LogP contribution is -2.49. The van der Waals surface area contributed by atoms with Crippen LogP contribution in [-0.4, -0.2) is 44.5 Å². The van der Waals surface area contributed by atoms with E-state index in [-0.39, 0.29) is 23.5 Å². The Labute approximate surface area is 216 Å². The number of ether oxygens (including phenoxy) is 4. The molecular formula is C29H40O6Si. The monoisotopic (exact) mass is 512 g/mol. The van der Waals surface area contributed by atoms with E-state index in [9.17, 15) is 4.79 Å². The molecule has 2 aromatic rings. The minimum Gasteiger partial charge on any atom is -0.457 e. The van der Waals surface area contributed by atoms with Crippen LogP contribution in [0.1, 0.15) is 58.3 Å². The molecule has 0 unspecified atom stereocenters. The topological polar surface area (TPSA) is 63.2 Å². The number of cyclic esters (lactones) is 1. The molecule has 2 aliphatic rings. The normalized spacial score (nSPS) is 27.1. The van der Waals surface area contributed by atoms with Crippen LogP contribution in [0.5, 0.6) is 0 Å². The molecule has 0 saturated carbocycles. The van der Waals surface area contributed by atoms with Gasteiger partial charge in [-0.15, -0.1) is 0 Å². The van der Waals surface area contributed by atoms with Crippen LogP contribution in [0.4, 0.5) is 0 Å². The summed E-state index contributed by atoms with van der Waals surface area (Å²) in [5.41, 5.74) is 2.06. The molecule has 2 aromatic carbocycles. The summed E-state index contributed by atoms with van der Waals surface area (Å²) in [5, 5.41) is 0.00562. The van der Waals surface area contributed by atoms with Crippen molar-refractivity contribution in [1.29, 1.82) is 0 Å². The summed E-state index contributed by atoms with van der Waals surface area (Å²) in [6.07, 6.45) is -2.25. The minimum atomic E-state index is -2.20. The Bertz CT molecular complexity index is 1020. The fraction of sp³-hybridized carbons (Fsp3) is 0.552. The molecule has 7 heteroatoms. The van der Waals surface area contributed by atoms with Crippen molar-refractivity contribution >= 4 is 14.3 Å². The van der Waals surface area contributed by atoms with Gasteiger partial charge in [-0.1, -0.05) is 81.4 Å². The second kappa shape index (κ2) is 10.4. The molecule has 2 fully saturated rings. The van der Waals surface area contributed by atoms with Gasteiger partial charge in [-0.2, -0.15) is 0 Å². The van der Waals surface area contributed by atoms with Crippen molar-refractivity contribution < 1.29 is 28.2 Å². The summed E-state index contributed by atoms with van der Waals surface area (Å²) in [6, 6.07) is 20.1. The number of rotatable bonds is 8. The zero-order valence-corrected chi connectivity index (χ0v) is 23.5. The van der Waals surface area contributed by atoms with Crippen LogP contribution in [0.2, 0.25) is 18.1 Å². The molecule has 0 spiro atoms. The van der Waals surface area contributed by atoms with Gasteiger partial charge < -0.3 is 23.4 Å². The summed E-state index contributed by atoms with van der Waals surface area (Å²) in [5.74, 6) is -1.15. The molecule has 4 rings (SSSR count). The van der Waals surface area contributed by atoms with E-state index in [2.05, 4.69) is 46.0 Å². The van der Waals surface area contributed by atoms with Gasteiger partial charge in [0.05, 0.1) is 19.1 Å². The third-order valence-corrected chi connectivity index (χ3v) is 11.9. The lowest BCUT2D eigenvalue weighted by Gasteiger charge is -2.42. The quantitative estimate of drug-likeness (QED) is 0.311. The molecule has 0 aromatic heterocycles. The standard InChI is InChI=1S/C29H40O6Si/c1-28(2,3)36(6,7)35-24(21-16-12-9-13-17-21)26-27(34-29(4,5)33-26)25-22(18-23(30)32-25)31-19-20-14-10-8-11-15-20/h8-17,22,24-27H,18-19H2,1-7H3/t22-,24-,25+,26-,27-/m1/s1. The van der Waals surface area contributed by atoms with E-state index in [4.69, 9.17) is 23.4 Å². The van der Waals surface area contributed by atoms with E-state index < -0.39 is 38.5 Å². The van der Waals surface area contributed by atoms with Gasteiger partial charge in [-0.3, -0.25) is 4.79 Å². The number of benzene rings is 2. The van der Waals surface area contributed by atoms with Crippen LogP contribution in [0.25, 0.3) is 0 Å². The first-order valence-corrected chi connectivity index (χ1v) is 15.7. The average Bonchev–Trinajstić information content (AvgIpc) is 3.34. The average molecular weight is 513 g/mol. The fourth-order valence-corrected chi connectivity index (χ4v) is 5.79. The van der Waals surface area contributed by atoms with Crippen molar-refractivity contribution in [2.24, 2.45) is 0 Å². The van der Waals surface area contributed by atoms with Crippen LogP contribution in [0, 0.1) is 0 Å². The number of carbonyl (C=O) groups is 1. The van der Waals surface area contributed by atoms with E-state index in [1.165, 1.54) is 0 Å². The predicted octanol–water partition coefficient (Wildman–Crippen LogP) is 6.17. The predicted molar refractivity (Wildman–Crippen MR) is 141 cm³/mol. The molecule has 2 heterocycles. The molecule has 5 atom stereocenters. The van der Waals surface area contributed by atoms with Crippen molar-refractivity contribution in [1.82, 2.24) is 0 Å². The van der Waals surface area contributed by atoms with Crippen molar-refractivity contribution in [2.45, 2.75) is 102 Å². The highest BCUT2D eigenvalue weighted by atomic mass is 28.4. The van der Waals surface area contributed by atoms with E-state index >= 15 is 0 Å². The van der Waals surface area contributed by atoms with Crippen molar-refractivity contribution in [3.8, 4) is 0 Å². The third kappa shape index (κ3) is 6.09. The Kier molecular flexibility index (Phi) is 7.79. The Morgan fingerprint density at radius 1 is 0.972 bits per heavy atom. The van der Waals surface area contributed by atoms with Crippen LogP contribution in [-0.2, 0) is 34.8 Å². The van der Waals surface area contributed by atoms with Crippen LogP contribution in [0.3, 0.4) is 0 Å². The second-order valence-electron chi connectivity index (χ2n) is 11.8. The molecule has 196 valence electrons. The van der Waals surface area contributed by atoms with E-state index in [0.29, 0.717) is 6.61 Å². The summed E-state index contributed by atoms with van der Waals surface area (Å²) in [7, 11) is -2.20. The Morgan fingerprint density at radius 3 is 2.19 bits per heavy atom. The summed E-state index contributed by atoms with van der Waals surface area (Å²) in [4.78, 5) is 12.5. The van der Waals surface area contributed by atoms with E-state index in [1.807, 2.05) is 62.4 Å². The first kappa shape index (κ1) is 27.0. The molecule has 2 saturated heterocycles. The summed E-state index contributed by atoms with van der Waals surface area (Å²) < 4.78 is 32.0. The lowest BCUT2D eigenvalue weighted by atomic mass is 9.95. The van der Waals surface area contributed by atoms with Gasteiger partial charge >= 0.3 is 5.97 Å². The minimum absolute atomic E-state index is 0.00562. The van der Waals surface area contributed by atoms with Crippen LogP contribution >= 0.6 is 0 Å². The Hall–Kier alpha value is -2.03. The smallest absolute Gasteiger partial charge is 0.309 e. The molecule has 0 N–H and O–H groups in total. The largest absolute Gasteiger partial charge is 0.457 e. The number of hydrogen-bond donors (Lipinski definition) is 0. The van der Waals surface area contributed by atoms with Gasteiger partial charge in [0.15, 0.2) is 20.2 Å². The van der Waals surface area contributed by atoms with Gasteiger partial charge in [0.1, 0.15) is 18.3 Å². The third-order valence-electron chi connectivity index (χ3n) is 7.45. The summed E-state index contributed by atoms with van der Waals surface area (Å²) >= 11 is 0. The SMILES string of the molecule is CC1(C)O[C@H]([C@H]2OC(=O)C[C@H]2OCc2ccccc2)[C@@H]([C@H](O[Si](C)(C)C(C)(C)C)c2ccccc2)O1. The molecule has 36 heavy (non-hydrogen) atoms. The highest BCUT2D eigenvalue weighted by Crippen LogP contribution is 2.46. The maximum atomic E-state index is 12.5. The van der Waals surface area contributed by atoms with Gasteiger partial charge in [0.25, 0.3) is 0 Å². The summed E-state index contributed by atoms with van der Waals surface area (Å²) in [6.45, 7) is 15.3. The molecule has 2 aliphatic heterocycles. The maximum absolute atomic E-state index is 12.5. The second-order valence-corrected chi connectivity index (χ2v) is 16.5. The highest BCUT2D eigenvalue weighted by molar-refractivity contribution is 6.74. The van der Waals surface area contributed by atoms with Gasteiger partial charge in [0, 0.05) is 0 Å². The Morgan fingerprint density at radius 2 is 1.58 bits per heavy atom. The van der Waals surface area contributed by atoms with Crippen LogP contribution < -0.4 is 0 Å². The van der Waals surface area contributed by atoms with Crippen molar-refractivity contribution in [2.75, 3.05) is 0 Å².